The fourth-order valence-corrected chi connectivity index (χ4v) is 2.06. The summed E-state index contributed by atoms with van der Waals surface area (Å²) >= 11 is 0. The largest absolute Gasteiger partial charge is 0.493 e. The van der Waals surface area contributed by atoms with Crippen LogP contribution in [0.15, 0.2) is 36.4 Å². The number of hydrogen-bond donors (Lipinski definition) is 2. The summed E-state index contributed by atoms with van der Waals surface area (Å²) in [6.45, 7) is 1.48. The molecule has 0 aromatic heterocycles. The van der Waals surface area contributed by atoms with E-state index in [0.29, 0.717) is 13.0 Å². The minimum absolute atomic E-state index is 0.162. The molecule has 0 fully saturated rings. The standard InChI is InChI=1S/C15H19NO2/c1-16-11-14-13-6-3-2-5-12(13)7-8-15(14)18-10-4-9-17/h2-3,5-8,16-17H,4,9-11H2,1H3. The van der Waals surface area contributed by atoms with Gasteiger partial charge in [-0.3, -0.25) is 0 Å². The van der Waals surface area contributed by atoms with Crippen LogP contribution < -0.4 is 10.1 Å². The van der Waals surface area contributed by atoms with Gasteiger partial charge in [-0.15, -0.1) is 0 Å². The molecule has 0 amide bonds. The number of fused-ring (bicyclic) bond motifs is 1. The van der Waals surface area contributed by atoms with Crippen LogP contribution in [0.2, 0.25) is 0 Å². The second-order valence-corrected chi connectivity index (χ2v) is 4.22. The fourth-order valence-electron chi connectivity index (χ4n) is 2.06. The van der Waals surface area contributed by atoms with E-state index in [4.69, 9.17) is 9.84 Å². The molecule has 2 aromatic carbocycles. The molecule has 0 heterocycles. The Morgan fingerprint density at radius 2 is 2.00 bits per heavy atom. The first kappa shape index (κ1) is 12.9. The number of hydrogen-bond acceptors (Lipinski definition) is 3. The minimum Gasteiger partial charge on any atom is -0.493 e. The van der Waals surface area contributed by atoms with Crippen molar-refractivity contribution in [2.75, 3.05) is 20.3 Å². The van der Waals surface area contributed by atoms with E-state index in [9.17, 15) is 0 Å². The molecule has 0 saturated carbocycles. The quantitative estimate of drug-likeness (QED) is 0.767. The molecule has 0 atom stereocenters. The van der Waals surface area contributed by atoms with Gasteiger partial charge >= 0.3 is 0 Å². The first-order chi connectivity index (χ1) is 8.86. The van der Waals surface area contributed by atoms with Gasteiger partial charge in [0.15, 0.2) is 0 Å². The van der Waals surface area contributed by atoms with Crippen LogP contribution in [0.4, 0.5) is 0 Å². The zero-order valence-corrected chi connectivity index (χ0v) is 10.6. The lowest BCUT2D eigenvalue weighted by atomic mass is 10.0. The Labute approximate surface area is 107 Å². The third-order valence-electron chi connectivity index (χ3n) is 2.91. The third kappa shape index (κ3) is 2.81. The molecular weight excluding hydrogens is 226 g/mol. The molecule has 0 unspecified atom stereocenters. The molecule has 3 nitrogen and oxygen atoms in total. The number of benzene rings is 2. The fraction of sp³-hybridized carbons (Fsp3) is 0.333. The molecule has 0 bridgehead atoms. The van der Waals surface area contributed by atoms with E-state index < -0.39 is 0 Å². The van der Waals surface area contributed by atoms with E-state index in [2.05, 4.69) is 23.5 Å². The molecule has 2 N–H and O–H groups in total. The molecule has 0 aliphatic carbocycles. The molecule has 3 heteroatoms. The molecule has 96 valence electrons. The SMILES string of the molecule is CNCc1c(OCCCO)ccc2ccccc12. The highest BCUT2D eigenvalue weighted by atomic mass is 16.5. The average molecular weight is 245 g/mol. The van der Waals surface area contributed by atoms with Crippen molar-refractivity contribution >= 4 is 10.8 Å². The van der Waals surface area contributed by atoms with Crippen molar-refractivity contribution in [2.24, 2.45) is 0 Å². The number of ether oxygens (including phenoxy) is 1. The summed E-state index contributed by atoms with van der Waals surface area (Å²) in [6.07, 6.45) is 0.659. The molecule has 18 heavy (non-hydrogen) atoms. The lowest BCUT2D eigenvalue weighted by Gasteiger charge is -2.13. The predicted molar refractivity (Wildman–Crippen MR) is 73.9 cm³/mol. The Hall–Kier alpha value is -1.58. The van der Waals surface area contributed by atoms with E-state index in [1.807, 2.05) is 25.2 Å². The second kappa shape index (κ2) is 6.38. The van der Waals surface area contributed by atoms with E-state index in [-0.39, 0.29) is 6.61 Å². The molecule has 0 spiro atoms. The van der Waals surface area contributed by atoms with Gasteiger partial charge in [0.25, 0.3) is 0 Å². The highest BCUT2D eigenvalue weighted by Crippen LogP contribution is 2.28. The van der Waals surface area contributed by atoms with Crippen LogP contribution in [0.1, 0.15) is 12.0 Å². The predicted octanol–water partition coefficient (Wildman–Crippen LogP) is 2.32. The molecule has 0 aliphatic rings. The first-order valence-corrected chi connectivity index (χ1v) is 6.25. The van der Waals surface area contributed by atoms with Gasteiger partial charge in [0.2, 0.25) is 0 Å². The zero-order valence-electron chi connectivity index (χ0n) is 10.6. The first-order valence-electron chi connectivity index (χ1n) is 6.25. The number of rotatable bonds is 6. The van der Waals surface area contributed by atoms with Gasteiger partial charge in [0.1, 0.15) is 5.75 Å². The van der Waals surface area contributed by atoms with Crippen LogP contribution in [0.3, 0.4) is 0 Å². The van der Waals surface area contributed by atoms with Crippen LogP contribution in [0.25, 0.3) is 10.8 Å². The van der Waals surface area contributed by atoms with Crippen molar-refractivity contribution in [1.29, 1.82) is 0 Å². The van der Waals surface area contributed by atoms with Crippen molar-refractivity contribution in [3.63, 3.8) is 0 Å². The van der Waals surface area contributed by atoms with Gasteiger partial charge in [-0.2, -0.15) is 0 Å². The lowest BCUT2D eigenvalue weighted by molar-refractivity contribution is 0.232. The van der Waals surface area contributed by atoms with Gasteiger partial charge in [0.05, 0.1) is 6.61 Å². The van der Waals surface area contributed by atoms with Crippen molar-refractivity contribution in [1.82, 2.24) is 5.32 Å². The summed E-state index contributed by atoms with van der Waals surface area (Å²) in [5.74, 6) is 0.900. The van der Waals surface area contributed by atoms with Gasteiger partial charge in [-0.05, 0) is 23.9 Å². The maximum absolute atomic E-state index is 8.80. The number of aliphatic hydroxyl groups is 1. The zero-order chi connectivity index (χ0) is 12.8. The monoisotopic (exact) mass is 245 g/mol. The summed E-state index contributed by atoms with van der Waals surface area (Å²) in [5, 5.41) is 14.4. The van der Waals surface area contributed by atoms with E-state index in [0.717, 1.165) is 12.3 Å². The smallest absolute Gasteiger partial charge is 0.124 e. The minimum atomic E-state index is 0.162. The molecule has 0 saturated heterocycles. The van der Waals surface area contributed by atoms with E-state index >= 15 is 0 Å². The van der Waals surface area contributed by atoms with Gasteiger partial charge in [-0.25, -0.2) is 0 Å². The number of aliphatic hydroxyl groups excluding tert-OH is 1. The summed E-state index contributed by atoms with van der Waals surface area (Å²) in [7, 11) is 1.93. The molecule has 0 radical (unpaired) electrons. The summed E-state index contributed by atoms with van der Waals surface area (Å²) in [4.78, 5) is 0. The maximum Gasteiger partial charge on any atom is 0.124 e. The Balaban J connectivity index is 2.35. The Morgan fingerprint density at radius 1 is 1.17 bits per heavy atom. The maximum atomic E-state index is 8.80. The topological polar surface area (TPSA) is 41.5 Å². The molecule has 0 aliphatic heterocycles. The van der Waals surface area contributed by atoms with Crippen LogP contribution in [-0.2, 0) is 6.54 Å². The third-order valence-corrected chi connectivity index (χ3v) is 2.91. The Morgan fingerprint density at radius 3 is 2.78 bits per heavy atom. The van der Waals surface area contributed by atoms with Crippen molar-refractivity contribution in [2.45, 2.75) is 13.0 Å². The van der Waals surface area contributed by atoms with Gasteiger partial charge in [-0.1, -0.05) is 30.3 Å². The average Bonchev–Trinajstić information content (AvgIpc) is 2.41. The van der Waals surface area contributed by atoms with Crippen LogP contribution in [0, 0.1) is 0 Å². The summed E-state index contributed by atoms with van der Waals surface area (Å²) in [5.41, 5.74) is 1.17. The second-order valence-electron chi connectivity index (χ2n) is 4.22. The number of nitrogens with one attached hydrogen (secondary N) is 1. The van der Waals surface area contributed by atoms with E-state index in [1.54, 1.807) is 0 Å². The lowest BCUT2D eigenvalue weighted by Crippen LogP contribution is -2.09. The molecule has 2 rings (SSSR count). The highest BCUT2D eigenvalue weighted by Gasteiger charge is 2.07. The molecular formula is C15H19NO2. The van der Waals surface area contributed by atoms with Gasteiger partial charge < -0.3 is 15.2 Å². The molecule has 2 aromatic rings. The Kier molecular flexibility index (Phi) is 4.56. The normalized spacial score (nSPS) is 10.8. The van der Waals surface area contributed by atoms with E-state index in [1.165, 1.54) is 16.3 Å². The van der Waals surface area contributed by atoms with Crippen molar-refractivity contribution in [3.8, 4) is 5.75 Å². The Bertz CT molecular complexity index is 511. The van der Waals surface area contributed by atoms with Crippen LogP contribution in [0.5, 0.6) is 5.75 Å². The van der Waals surface area contributed by atoms with Crippen molar-refractivity contribution < 1.29 is 9.84 Å². The van der Waals surface area contributed by atoms with Crippen LogP contribution in [-0.4, -0.2) is 25.4 Å². The summed E-state index contributed by atoms with van der Waals surface area (Å²) < 4.78 is 5.74. The van der Waals surface area contributed by atoms with Gasteiger partial charge in [0, 0.05) is 25.1 Å². The van der Waals surface area contributed by atoms with Crippen molar-refractivity contribution in [3.05, 3.63) is 42.0 Å². The van der Waals surface area contributed by atoms with Crippen LogP contribution >= 0.6 is 0 Å². The highest BCUT2D eigenvalue weighted by molar-refractivity contribution is 5.87. The summed E-state index contributed by atoms with van der Waals surface area (Å²) in [6, 6.07) is 12.4.